The van der Waals surface area contributed by atoms with Crippen molar-refractivity contribution in [2.45, 2.75) is 0 Å². The Morgan fingerprint density at radius 2 is 2.09 bits per heavy atom. The third kappa shape index (κ3) is 4.03. The fourth-order valence-corrected chi connectivity index (χ4v) is 2.79. The van der Waals surface area contributed by atoms with Crippen LogP contribution < -0.4 is 10.3 Å². The van der Waals surface area contributed by atoms with Gasteiger partial charge in [0.05, 0.1) is 21.3 Å². The molecule has 2 rings (SSSR count). The zero-order chi connectivity index (χ0) is 16.3. The quantitative estimate of drug-likeness (QED) is 0.614. The summed E-state index contributed by atoms with van der Waals surface area (Å²) >= 11 is 15.1. The van der Waals surface area contributed by atoms with Gasteiger partial charge in [-0.25, -0.2) is 5.43 Å². The number of hydrazone groups is 1. The summed E-state index contributed by atoms with van der Waals surface area (Å²) in [5, 5.41) is 4.57. The van der Waals surface area contributed by atoms with E-state index in [9.17, 15) is 4.79 Å². The molecular weight excluding hydrogens is 393 g/mol. The number of nitrogens with one attached hydrogen (secondary N) is 1. The molecule has 1 aromatic heterocycles. The molecule has 2 aromatic rings. The molecular formula is C14H12BrCl2N3O2. The SMILES string of the molecule is CN(C)c1oc(/C=N\NC(=O)c2ccc(Cl)cc2Cl)cc1Br. The number of rotatable bonds is 4. The number of carbonyl (C=O) groups is 1. The number of benzene rings is 1. The van der Waals surface area contributed by atoms with Crippen molar-refractivity contribution in [2.75, 3.05) is 19.0 Å². The summed E-state index contributed by atoms with van der Waals surface area (Å²) in [6, 6.07) is 6.36. The summed E-state index contributed by atoms with van der Waals surface area (Å²) < 4.78 is 6.34. The number of hydrogen-bond donors (Lipinski definition) is 1. The van der Waals surface area contributed by atoms with Crippen LogP contribution in [-0.4, -0.2) is 26.2 Å². The summed E-state index contributed by atoms with van der Waals surface area (Å²) in [4.78, 5) is 13.8. The van der Waals surface area contributed by atoms with Crippen molar-refractivity contribution in [3.8, 4) is 0 Å². The van der Waals surface area contributed by atoms with Crippen molar-refractivity contribution in [1.29, 1.82) is 0 Å². The van der Waals surface area contributed by atoms with Gasteiger partial charge in [-0.1, -0.05) is 23.2 Å². The number of amides is 1. The van der Waals surface area contributed by atoms with E-state index < -0.39 is 5.91 Å². The second-order valence-corrected chi connectivity index (χ2v) is 6.22. The first-order valence-electron chi connectivity index (χ1n) is 6.13. The predicted octanol–water partition coefficient (Wildman–Crippen LogP) is 4.18. The molecule has 0 spiro atoms. The maximum absolute atomic E-state index is 11.9. The normalized spacial score (nSPS) is 11.0. The molecule has 0 unspecified atom stereocenters. The van der Waals surface area contributed by atoms with Crippen LogP contribution in [0.3, 0.4) is 0 Å². The highest BCUT2D eigenvalue weighted by atomic mass is 79.9. The highest BCUT2D eigenvalue weighted by Crippen LogP contribution is 2.27. The lowest BCUT2D eigenvalue weighted by Crippen LogP contribution is -2.17. The van der Waals surface area contributed by atoms with E-state index in [0.29, 0.717) is 16.7 Å². The molecule has 0 aliphatic rings. The lowest BCUT2D eigenvalue weighted by molar-refractivity contribution is 0.0955. The van der Waals surface area contributed by atoms with Crippen LogP contribution in [0.4, 0.5) is 5.88 Å². The van der Waals surface area contributed by atoms with Gasteiger partial charge in [-0.2, -0.15) is 5.10 Å². The molecule has 0 aliphatic carbocycles. The monoisotopic (exact) mass is 403 g/mol. The van der Waals surface area contributed by atoms with E-state index in [1.807, 2.05) is 19.0 Å². The lowest BCUT2D eigenvalue weighted by atomic mass is 10.2. The Morgan fingerprint density at radius 3 is 2.68 bits per heavy atom. The molecule has 0 aliphatic heterocycles. The standard InChI is InChI=1S/C14H12BrCl2N3O2/c1-20(2)14-11(15)6-9(22-14)7-18-19-13(21)10-4-3-8(16)5-12(10)17/h3-7H,1-2H3,(H,19,21)/b18-7-. The highest BCUT2D eigenvalue weighted by Gasteiger charge is 2.11. The van der Waals surface area contributed by atoms with Gasteiger partial charge in [0, 0.05) is 25.2 Å². The Hall–Kier alpha value is -1.50. The molecule has 0 saturated heterocycles. The molecule has 0 bridgehead atoms. The molecule has 8 heteroatoms. The van der Waals surface area contributed by atoms with Crippen LogP contribution in [0.5, 0.6) is 0 Å². The third-order valence-corrected chi connectivity index (χ3v) is 3.74. The summed E-state index contributed by atoms with van der Waals surface area (Å²) in [6.45, 7) is 0. The molecule has 1 amide bonds. The highest BCUT2D eigenvalue weighted by molar-refractivity contribution is 9.10. The second-order valence-electron chi connectivity index (χ2n) is 4.52. The van der Waals surface area contributed by atoms with Gasteiger partial charge in [-0.05, 0) is 34.1 Å². The fraction of sp³-hybridized carbons (Fsp3) is 0.143. The first-order valence-corrected chi connectivity index (χ1v) is 7.68. The summed E-state index contributed by atoms with van der Waals surface area (Å²) in [6.07, 6.45) is 1.40. The molecule has 1 aromatic carbocycles. The van der Waals surface area contributed by atoms with Crippen LogP contribution in [0.1, 0.15) is 16.1 Å². The second kappa shape index (κ2) is 7.17. The van der Waals surface area contributed by atoms with Crippen molar-refractivity contribution >= 4 is 57.1 Å². The van der Waals surface area contributed by atoms with Crippen LogP contribution in [0.15, 0.2) is 38.3 Å². The number of halogens is 3. The minimum absolute atomic E-state index is 0.260. The molecule has 22 heavy (non-hydrogen) atoms. The van der Waals surface area contributed by atoms with Gasteiger partial charge in [-0.15, -0.1) is 0 Å². The first kappa shape index (κ1) is 16.9. The Balaban J connectivity index is 2.06. The van der Waals surface area contributed by atoms with E-state index >= 15 is 0 Å². The Morgan fingerprint density at radius 1 is 1.36 bits per heavy atom. The van der Waals surface area contributed by atoms with Crippen LogP contribution in [0.2, 0.25) is 10.0 Å². The average molecular weight is 405 g/mol. The summed E-state index contributed by atoms with van der Waals surface area (Å²) in [5.41, 5.74) is 2.67. The van der Waals surface area contributed by atoms with E-state index in [1.165, 1.54) is 18.3 Å². The van der Waals surface area contributed by atoms with Gasteiger partial charge in [0.25, 0.3) is 5.91 Å². The molecule has 1 N–H and O–H groups in total. The van der Waals surface area contributed by atoms with Crippen molar-refractivity contribution < 1.29 is 9.21 Å². The number of hydrogen-bond acceptors (Lipinski definition) is 4. The van der Waals surface area contributed by atoms with E-state index in [4.69, 9.17) is 27.6 Å². The zero-order valence-corrected chi connectivity index (χ0v) is 14.8. The summed E-state index contributed by atoms with van der Waals surface area (Å²) in [5.74, 6) is 0.725. The Labute approximate surface area is 146 Å². The predicted molar refractivity (Wildman–Crippen MR) is 92.3 cm³/mol. The molecule has 5 nitrogen and oxygen atoms in total. The van der Waals surface area contributed by atoms with Crippen molar-refractivity contribution in [3.05, 3.63) is 50.1 Å². The number of furan rings is 1. The van der Waals surface area contributed by atoms with Crippen LogP contribution in [-0.2, 0) is 0 Å². The van der Waals surface area contributed by atoms with Gasteiger partial charge in [0.2, 0.25) is 5.88 Å². The van der Waals surface area contributed by atoms with Gasteiger partial charge in [0.15, 0.2) is 5.76 Å². The van der Waals surface area contributed by atoms with Crippen molar-refractivity contribution in [1.82, 2.24) is 5.43 Å². The van der Waals surface area contributed by atoms with Crippen LogP contribution in [0, 0.1) is 0 Å². The largest absolute Gasteiger partial charge is 0.438 e. The number of carbonyl (C=O) groups excluding carboxylic acids is 1. The maximum atomic E-state index is 11.9. The Kier molecular flexibility index (Phi) is 5.50. The summed E-state index contributed by atoms with van der Waals surface area (Å²) in [7, 11) is 3.71. The fourth-order valence-electron chi connectivity index (χ4n) is 1.63. The van der Waals surface area contributed by atoms with E-state index in [2.05, 4.69) is 26.5 Å². The molecule has 116 valence electrons. The topological polar surface area (TPSA) is 57.8 Å². The van der Waals surface area contributed by atoms with Crippen LogP contribution in [0.25, 0.3) is 0 Å². The van der Waals surface area contributed by atoms with Crippen molar-refractivity contribution in [3.63, 3.8) is 0 Å². The van der Waals surface area contributed by atoms with Crippen molar-refractivity contribution in [2.24, 2.45) is 5.10 Å². The minimum atomic E-state index is -0.434. The van der Waals surface area contributed by atoms with Crippen LogP contribution >= 0.6 is 39.1 Å². The first-order chi connectivity index (χ1) is 10.4. The smallest absolute Gasteiger partial charge is 0.272 e. The molecule has 1 heterocycles. The van der Waals surface area contributed by atoms with Gasteiger partial charge < -0.3 is 9.32 Å². The molecule has 0 radical (unpaired) electrons. The number of nitrogens with zero attached hydrogens (tertiary/aromatic N) is 2. The van der Waals surface area contributed by atoms with E-state index in [-0.39, 0.29) is 10.6 Å². The van der Waals surface area contributed by atoms with Gasteiger partial charge >= 0.3 is 0 Å². The maximum Gasteiger partial charge on any atom is 0.272 e. The number of anilines is 1. The Bertz CT molecular complexity index is 729. The van der Waals surface area contributed by atoms with E-state index in [1.54, 1.807) is 12.1 Å². The zero-order valence-electron chi connectivity index (χ0n) is 11.7. The minimum Gasteiger partial charge on any atom is -0.438 e. The van der Waals surface area contributed by atoms with Gasteiger partial charge in [-0.3, -0.25) is 4.79 Å². The third-order valence-electron chi connectivity index (χ3n) is 2.63. The van der Waals surface area contributed by atoms with E-state index in [0.717, 1.165) is 4.47 Å². The average Bonchev–Trinajstić information content (AvgIpc) is 2.80. The lowest BCUT2D eigenvalue weighted by Gasteiger charge is -2.07. The molecule has 0 atom stereocenters. The molecule has 0 saturated carbocycles. The molecule has 0 fully saturated rings. The van der Waals surface area contributed by atoms with Gasteiger partial charge in [0.1, 0.15) is 0 Å².